The molecule has 0 spiro atoms. The normalized spacial score (nSPS) is 11.6. The number of aryl methyl sites for hydroxylation is 1. The Morgan fingerprint density at radius 3 is 2.24 bits per heavy atom. The van der Waals surface area contributed by atoms with E-state index in [-0.39, 0.29) is 11.8 Å². The lowest BCUT2D eigenvalue weighted by Gasteiger charge is -2.28. The van der Waals surface area contributed by atoms with Gasteiger partial charge < -0.3 is 10.2 Å². The average molecular weight is 338 g/mol. The van der Waals surface area contributed by atoms with Crippen molar-refractivity contribution in [1.82, 2.24) is 10.2 Å². The van der Waals surface area contributed by atoms with Crippen LogP contribution in [0.4, 0.5) is 0 Å². The molecule has 1 unspecified atom stereocenters. The van der Waals surface area contributed by atoms with E-state index in [9.17, 15) is 9.59 Å². The third kappa shape index (κ3) is 5.45. The molecule has 0 bridgehead atoms. The summed E-state index contributed by atoms with van der Waals surface area (Å²) in [7, 11) is 1.60. The summed E-state index contributed by atoms with van der Waals surface area (Å²) in [5.74, 6) is -0.179. The van der Waals surface area contributed by atoms with Crippen LogP contribution in [0.1, 0.15) is 23.6 Å². The minimum Gasteiger partial charge on any atom is -0.357 e. The second kappa shape index (κ2) is 9.02. The fraction of sp³-hybridized carbons (Fsp3) is 0.333. The third-order valence-corrected chi connectivity index (χ3v) is 4.37. The summed E-state index contributed by atoms with van der Waals surface area (Å²) >= 11 is 0. The summed E-state index contributed by atoms with van der Waals surface area (Å²) in [6.07, 6.45) is 1.03. The van der Waals surface area contributed by atoms with Gasteiger partial charge in [0, 0.05) is 13.6 Å². The molecule has 1 N–H and O–H groups in total. The first-order valence-electron chi connectivity index (χ1n) is 8.62. The van der Waals surface area contributed by atoms with E-state index in [2.05, 4.69) is 5.32 Å². The molecule has 4 heteroatoms. The molecule has 0 aliphatic rings. The molecule has 1 atom stereocenters. The van der Waals surface area contributed by atoms with E-state index in [0.29, 0.717) is 13.0 Å². The fourth-order valence-electron chi connectivity index (χ4n) is 2.76. The number of amides is 2. The number of carbonyl (C=O) groups is 2. The van der Waals surface area contributed by atoms with E-state index in [1.165, 1.54) is 0 Å². The summed E-state index contributed by atoms with van der Waals surface area (Å²) in [6.45, 7) is 4.31. The number of nitrogens with zero attached hydrogens (tertiary/aromatic N) is 1. The monoisotopic (exact) mass is 338 g/mol. The molecule has 2 amide bonds. The second-order valence-electron chi connectivity index (χ2n) is 6.28. The topological polar surface area (TPSA) is 49.4 Å². The second-order valence-corrected chi connectivity index (χ2v) is 6.28. The van der Waals surface area contributed by atoms with E-state index in [4.69, 9.17) is 0 Å². The molecule has 132 valence electrons. The highest BCUT2D eigenvalue weighted by atomic mass is 16.2. The molecule has 0 aromatic heterocycles. The molecule has 0 heterocycles. The van der Waals surface area contributed by atoms with Crippen LogP contribution in [0, 0.1) is 6.92 Å². The van der Waals surface area contributed by atoms with Crippen molar-refractivity contribution in [2.45, 2.75) is 32.7 Å². The van der Waals surface area contributed by atoms with E-state index in [1.807, 2.05) is 61.5 Å². The molecule has 0 saturated carbocycles. The Hall–Kier alpha value is -2.62. The van der Waals surface area contributed by atoms with E-state index < -0.39 is 6.04 Å². The lowest BCUT2D eigenvalue weighted by atomic mass is 10.1. The van der Waals surface area contributed by atoms with Crippen LogP contribution in [0.5, 0.6) is 0 Å². The molecular weight excluding hydrogens is 312 g/mol. The average Bonchev–Trinajstić information content (AvgIpc) is 2.63. The molecule has 0 fully saturated rings. The van der Waals surface area contributed by atoms with Crippen molar-refractivity contribution in [2.75, 3.05) is 13.6 Å². The van der Waals surface area contributed by atoms with E-state index in [1.54, 1.807) is 18.9 Å². The summed E-state index contributed by atoms with van der Waals surface area (Å²) in [5.41, 5.74) is 3.28. The Bertz CT molecular complexity index is 696. The van der Waals surface area contributed by atoms with Crippen LogP contribution in [0.2, 0.25) is 0 Å². The summed E-state index contributed by atoms with van der Waals surface area (Å²) in [4.78, 5) is 26.6. The van der Waals surface area contributed by atoms with Gasteiger partial charge in [0.25, 0.3) is 0 Å². The van der Waals surface area contributed by atoms with Crippen LogP contribution in [0.3, 0.4) is 0 Å². The van der Waals surface area contributed by atoms with Gasteiger partial charge in [-0.2, -0.15) is 0 Å². The first kappa shape index (κ1) is 18.7. The van der Waals surface area contributed by atoms with Crippen molar-refractivity contribution in [3.63, 3.8) is 0 Å². The lowest BCUT2D eigenvalue weighted by molar-refractivity contribution is -0.139. The maximum atomic E-state index is 12.8. The quantitative estimate of drug-likeness (QED) is 0.844. The van der Waals surface area contributed by atoms with Crippen LogP contribution in [-0.4, -0.2) is 36.3 Å². The third-order valence-electron chi connectivity index (χ3n) is 4.37. The molecule has 0 saturated heterocycles. The highest BCUT2D eigenvalue weighted by Gasteiger charge is 2.24. The summed E-state index contributed by atoms with van der Waals surface area (Å²) in [5, 5.41) is 2.64. The van der Waals surface area contributed by atoms with Crippen molar-refractivity contribution >= 4 is 11.8 Å². The first-order chi connectivity index (χ1) is 12.0. The zero-order valence-corrected chi connectivity index (χ0v) is 15.2. The number of hydrogen-bond donors (Lipinski definition) is 1. The predicted octanol–water partition coefficient (Wildman–Crippen LogP) is 2.74. The SMILES string of the molecule is CNC(=O)C(C)N(CCc1ccccc1)C(=O)Cc1ccc(C)cc1. The van der Waals surface area contributed by atoms with Gasteiger partial charge in [-0.25, -0.2) is 0 Å². The van der Waals surface area contributed by atoms with Gasteiger partial charge in [0.1, 0.15) is 6.04 Å². The number of carbonyl (C=O) groups excluding carboxylic acids is 2. The van der Waals surface area contributed by atoms with Gasteiger partial charge >= 0.3 is 0 Å². The fourth-order valence-corrected chi connectivity index (χ4v) is 2.76. The first-order valence-corrected chi connectivity index (χ1v) is 8.62. The standard InChI is InChI=1S/C21H26N2O2/c1-16-9-11-19(12-10-16)15-20(24)23(17(2)21(25)22-3)14-13-18-7-5-4-6-8-18/h4-12,17H,13-15H2,1-3H3,(H,22,25). The van der Waals surface area contributed by atoms with Crippen molar-refractivity contribution < 1.29 is 9.59 Å². The minimum absolute atomic E-state index is 0.0316. The van der Waals surface area contributed by atoms with Gasteiger partial charge in [-0.15, -0.1) is 0 Å². The number of hydrogen-bond acceptors (Lipinski definition) is 2. The van der Waals surface area contributed by atoms with E-state index >= 15 is 0 Å². The molecule has 2 rings (SSSR count). The van der Waals surface area contributed by atoms with Gasteiger partial charge in [-0.1, -0.05) is 60.2 Å². The Labute approximate surface area is 149 Å². The molecule has 0 radical (unpaired) electrons. The maximum Gasteiger partial charge on any atom is 0.242 e. The maximum absolute atomic E-state index is 12.8. The number of benzene rings is 2. The van der Waals surface area contributed by atoms with Gasteiger partial charge in [0.05, 0.1) is 6.42 Å². The van der Waals surface area contributed by atoms with Crippen molar-refractivity contribution in [3.8, 4) is 0 Å². The van der Waals surface area contributed by atoms with Gasteiger partial charge in [-0.3, -0.25) is 9.59 Å². The van der Waals surface area contributed by atoms with Crippen molar-refractivity contribution in [3.05, 3.63) is 71.3 Å². The van der Waals surface area contributed by atoms with Crippen LogP contribution < -0.4 is 5.32 Å². The van der Waals surface area contributed by atoms with Crippen molar-refractivity contribution in [1.29, 1.82) is 0 Å². The molecule has 4 nitrogen and oxygen atoms in total. The summed E-state index contributed by atoms with van der Waals surface area (Å²) in [6, 6.07) is 17.4. The molecule has 25 heavy (non-hydrogen) atoms. The van der Waals surface area contributed by atoms with Crippen molar-refractivity contribution in [2.24, 2.45) is 0 Å². The van der Waals surface area contributed by atoms with Crippen LogP contribution in [0.25, 0.3) is 0 Å². The lowest BCUT2D eigenvalue weighted by Crippen LogP contribution is -2.48. The number of nitrogens with one attached hydrogen (secondary N) is 1. The Morgan fingerprint density at radius 1 is 1.00 bits per heavy atom. The predicted molar refractivity (Wildman–Crippen MR) is 100 cm³/mol. The zero-order valence-electron chi connectivity index (χ0n) is 15.2. The van der Waals surface area contributed by atoms with Gasteiger partial charge in [0.15, 0.2) is 0 Å². The highest BCUT2D eigenvalue weighted by molar-refractivity contribution is 5.88. The molecule has 0 aliphatic heterocycles. The van der Waals surface area contributed by atoms with Gasteiger partial charge in [0.2, 0.25) is 11.8 Å². The number of likely N-dealkylation sites (N-methyl/N-ethyl adjacent to an activating group) is 1. The zero-order chi connectivity index (χ0) is 18.2. The Kier molecular flexibility index (Phi) is 6.75. The van der Waals surface area contributed by atoms with Gasteiger partial charge in [-0.05, 0) is 31.4 Å². The highest BCUT2D eigenvalue weighted by Crippen LogP contribution is 2.10. The van der Waals surface area contributed by atoms with Crippen LogP contribution in [0.15, 0.2) is 54.6 Å². The molecule has 2 aromatic carbocycles. The van der Waals surface area contributed by atoms with Crippen LogP contribution >= 0.6 is 0 Å². The largest absolute Gasteiger partial charge is 0.357 e. The molecular formula is C21H26N2O2. The minimum atomic E-state index is -0.494. The molecule has 0 aliphatic carbocycles. The summed E-state index contributed by atoms with van der Waals surface area (Å²) < 4.78 is 0. The Morgan fingerprint density at radius 2 is 1.64 bits per heavy atom. The van der Waals surface area contributed by atoms with Crippen LogP contribution in [-0.2, 0) is 22.4 Å². The smallest absolute Gasteiger partial charge is 0.242 e. The molecule has 2 aromatic rings. The number of rotatable bonds is 7. The van der Waals surface area contributed by atoms with E-state index in [0.717, 1.165) is 23.1 Å². The Balaban J connectivity index is 2.10.